The molecule has 0 saturated heterocycles. The van der Waals surface area contributed by atoms with Gasteiger partial charge >= 0.3 is 0 Å². The highest BCUT2D eigenvalue weighted by Gasteiger charge is 2.26. The van der Waals surface area contributed by atoms with E-state index in [2.05, 4.69) is 0 Å². The second-order valence-corrected chi connectivity index (χ2v) is 7.12. The highest BCUT2D eigenvalue weighted by atomic mass is 32.2. The number of benzene rings is 1. The molecule has 0 aliphatic heterocycles. The average molecular weight is 311 g/mol. The highest BCUT2D eigenvalue weighted by molar-refractivity contribution is 7.89. The van der Waals surface area contributed by atoms with Crippen LogP contribution in [0.5, 0.6) is 0 Å². The summed E-state index contributed by atoms with van der Waals surface area (Å²) >= 11 is 0. The Labute approximate surface area is 124 Å². The van der Waals surface area contributed by atoms with Gasteiger partial charge in [0.05, 0.1) is 11.4 Å². The monoisotopic (exact) mass is 311 g/mol. The molecule has 0 fully saturated rings. The van der Waals surface area contributed by atoms with E-state index >= 15 is 0 Å². The van der Waals surface area contributed by atoms with Crippen molar-refractivity contribution in [3.8, 4) is 0 Å². The molecule has 0 radical (unpaired) electrons. The Kier molecular flexibility index (Phi) is 4.20. The lowest BCUT2D eigenvalue weighted by atomic mass is 10.1. The fraction of sp³-hybridized carbons (Fsp3) is 0.333. The summed E-state index contributed by atoms with van der Waals surface area (Å²) in [6.07, 6.45) is 0. The summed E-state index contributed by atoms with van der Waals surface area (Å²) in [4.78, 5) is 0.148. The van der Waals surface area contributed by atoms with Crippen molar-refractivity contribution in [2.24, 2.45) is 0 Å². The summed E-state index contributed by atoms with van der Waals surface area (Å²) in [5.74, 6) is 0.856. The maximum atomic E-state index is 13.3. The van der Waals surface area contributed by atoms with Crippen LogP contribution < -0.4 is 0 Å². The van der Waals surface area contributed by atoms with Crippen LogP contribution in [-0.2, 0) is 16.6 Å². The topological polar surface area (TPSA) is 50.5 Å². The second-order valence-electron chi connectivity index (χ2n) is 5.14. The van der Waals surface area contributed by atoms with Crippen molar-refractivity contribution in [3.05, 3.63) is 52.7 Å². The standard InChI is InChI=1S/C15H18FNO3S/c1-10-7-13(16)8-11(2)15(10)21(18,19)17(4)9-14-6-5-12(3)20-14/h5-8H,9H2,1-4H3. The molecule has 4 nitrogen and oxygen atoms in total. The number of hydrogen-bond donors (Lipinski definition) is 0. The van der Waals surface area contributed by atoms with E-state index in [-0.39, 0.29) is 11.4 Å². The molecule has 0 bridgehead atoms. The van der Waals surface area contributed by atoms with Crippen molar-refractivity contribution in [2.75, 3.05) is 7.05 Å². The Bertz CT molecular complexity index is 742. The first-order chi connectivity index (χ1) is 9.71. The molecular weight excluding hydrogens is 293 g/mol. The van der Waals surface area contributed by atoms with Crippen LogP contribution in [0.1, 0.15) is 22.6 Å². The van der Waals surface area contributed by atoms with Crippen LogP contribution in [0, 0.1) is 26.6 Å². The van der Waals surface area contributed by atoms with Crippen LogP contribution >= 0.6 is 0 Å². The van der Waals surface area contributed by atoms with E-state index in [0.29, 0.717) is 16.9 Å². The Morgan fingerprint density at radius 2 is 1.71 bits per heavy atom. The van der Waals surface area contributed by atoms with Crippen LogP contribution in [0.15, 0.2) is 33.6 Å². The van der Waals surface area contributed by atoms with Crippen molar-refractivity contribution < 1.29 is 17.2 Å². The predicted octanol–water partition coefficient (Wildman–Crippen LogP) is 3.16. The molecule has 0 N–H and O–H groups in total. The molecular formula is C15H18FNO3S. The summed E-state index contributed by atoms with van der Waals surface area (Å²) in [6.45, 7) is 5.11. The van der Waals surface area contributed by atoms with E-state index in [1.807, 2.05) is 0 Å². The molecule has 2 aromatic rings. The number of hydrogen-bond acceptors (Lipinski definition) is 3. The zero-order valence-corrected chi connectivity index (χ0v) is 13.3. The second kappa shape index (κ2) is 5.61. The third kappa shape index (κ3) is 3.16. The number of rotatable bonds is 4. The fourth-order valence-corrected chi connectivity index (χ4v) is 3.88. The van der Waals surface area contributed by atoms with Gasteiger partial charge in [-0.2, -0.15) is 4.31 Å². The first kappa shape index (κ1) is 15.7. The molecule has 114 valence electrons. The molecule has 2 rings (SSSR count). The molecule has 21 heavy (non-hydrogen) atoms. The van der Waals surface area contributed by atoms with Gasteiger partial charge in [-0.05, 0) is 56.2 Å². The molecule has 0 unspecified atom stereocenters. The molecule has 0 aliphatic rings. The van der Waals surface area contributed by atoms with Gasteiger partial charge in [-0.15, -0.1) is 0 Å². The smallest absolute Gasteiger partial charge is 0.243 e. The number of halogens is 1. The first-order valence-corrected chi connectivity index (χ1v) is 7.94. The van der Waals surface area contributed by atoms with E-state index in [4.69, 9.17) is 4.42 Å². The van der Waals surface area contributed by atoms with Gasteiger partial charge in [0.2, 0.25) is 10.0 Å². The van der Waals surface area contributed by atoms with Crippen LogP contribution in [0.4, 0.5) is 4.39 Å². The average Bonchev–Trinajstić information content (AvgIpc) is 2.72. The lowest BCUT2D eigenvalue weighted by molar-refractivity contribution is 0.397. The van der Waals surface area contributed by atoms with Gasteiger partial charge in [0.25, 0.3) is 0 Å². The zero-order valence-electron chi connectivity index (χ0n) is 12.5. The zero-order chi connectivity index (χ0) is 15.8. The summed E-state index contributed by atoms with van der Waals surface area (Å²) in [5, 5.41) is 0. The third-order valence-corrected chi connectivity index (χ3v) is 5.38. The Hall–Kier alpha value is -1.66. The minimum absolute atomic E-state index is 0.131. The van der Waals surface area contributed by atoms with Gasteiger partial charge in [0.1, 0.15) is 17.3 Å². The predicted molar refractivity (Wildman–Crippen MR) is 78.0 cm³/mol. The van der Waals surface area contributed by atoms with Crippen molar-refractivity contribution in [1.82, 2.24) is 4.31 Å². The lowest BCUT2D eigenvalue weighted by Crippen LogP contribution is -2.27. The number of furan rings is 1. The maximum absolute atomic E-state index is 13.3. The first-order valence-electron chi connectivity index (χ1n) is 6.50. The Balaban J connectivity index is 2.38. The van der Waals surface area contributed by atoms with Gasteiger partial charge in [-0.25, -0.2) is 12.8 Å². The Morgan fingerprint density at radius 1 is 1.14 bits per heavy atom. The van der Waals surface area contributed by atoms with E-state index in [1.54, 1.807) is 32.9 Å². The molecule has 1 heterocycles. The molecule has 6 heteroatoms. The molecule has 1 aromatic carbocycles. The van der Waals surface area contributed by atoms with Gasteiger partial charge in [0, 0.05) is 7.05 Å². The van der Waals surface area contributed by atoms with Crippen molar-refractivity contribution >= 4 is 10.0 Å². The normalized spacial score (nSPS) is 12.1. The Morgan fingerprint density at radius 3 is 2.19 bits per heavy atom. The highest BCUT2D eigenvalue weighted by Crippen LogP contribution is 2.25. The lowest BCUT2D eigenvalue weighted by Gasteiger charge is -2.19. The van der Waals surface area contributed by atoms with Gasteiger partial charge in [0.15, 0.2) is 0 Å². The van der Waals surface area contributed by atoms with Crippen molar-refractivity contribution in [1.29, 1.82) is 0 Å². The van der Waals surface area contributed by atoms with Gasteiger partial charge in [-0.3, -0.25) is 0 Å². The minimum Gasteiger partial charge on any atom is -0.465 e. The van der Waals surface area contributed by atoms with E-state index in [1.165, 1.54) is 23.5 Å². The van der Waals surface area contributed by atoms with E-state index in [0.717, 1.165) is 5.76 Å². The van der Waals surface area contributed by atoms with Crippen molar-refractivity contribution in [2.45, 2.75) is 32.2 Å². The van der Waals surface area contributed by atoms with Gasteiger partial charge < -0.3 is 4.42 Å². The number of nitrogens with zero attached hydrogens (tertiary/aromatic N) is 1. The van der Waals surface area contributed by atoms with Crippen molar-refractivity contribution in [3.63, 3.8) is 0 Å². The SMILES string of the molecule is Cc1ccc(CN(C)S(=O)(=O)c2c(C)cc(F)cc2C)o1. The van der Waals surface area contributed by atoms with E-state index in [9.17, 15) is 12.8 Å². The molecule has 0 saturated carbocycles. The minimum atomic E-state index is -3.70. The maximum Gasteiger partial charge on any atom is 0.243 e. The van der Waals surface area contributed by atoms with Crippen LogP contribution in [0.3, 0.4) is 0 Å². The summed E-state index contributed by atoms with van der Waals surface area (Å²) < 4.78 is 45.2. The number of aryl methyl sites for hydroxylation is 3. The molecule has 0 aliphatic carbocycles. The fourth-order valence-electron chi connectivity index (χ4n) is 2.33. The molecule has 0 amide bonds. The molecule has 1 aromatic heterocycles. The van der Waals surface area contributed by atoms with E-state index < -0.39 is 15.8 Å². The summed E-state index contributed by atoms with van der Waals surface area (Å²) in [5.41, 5.74) is 0.796. The van der Waals surface area contributed by atoms with Crippen LogP contribution in [0.25, 0.3) is 0 Å². The summed E-state index contributed by atoms with van der Waals surface area (Å²) in [6, 6.07) is 5.98. The number of sulfonamides is 1. The third-order valence-electron chi connectivity index (χ3n) is 3.27. The van der Waals surface area contributed by atoms with Gasteiger partial charge in [-0.1, -0.05) is 0 Å². The van der Waals surface area contributed by atoms with Crippen LogP contribution in [0.2, 0.25) is 0 Å². The quantitative estimate of drug-likeness (QED) is 0.871. The summed E-state index contributed by atoms with van der Waals surface area (Å²) in [7, 11) is -2.22. The largest absolute Gasteiger partial charge is 0.465 e. The molecule has 0 spiro atoms. The van der Waals surface area contributed by atoms with Crippen LogP contribution in [-0.4, -0.2) is 19.8 Å². The molecule has 0 atom stereocenters.